The molecular weight excluding hydrogens is 248 g/mol. The molecule has 0 aromatic rings. The molecule has 0 radical (unpaired) electrons. The van der Waals surface area contributed by atoms with Gasteiger partial charge in [-0.1, -0.05) is 6.92 Å². The van der Waals surface area contributed by atoms with Crippen molar-refractivity contribution in [1.29, 1.82) is 0 Å². The van der Waals surface area contributed by atoms with E-state index in [2.05, 4.69) is 18.1 Å². The molecule has 18 heavy (non-hydrogen) atoms. The molecular formula is C12H25N2O3Si+. The number of nitrogens with zero attached hydrogens (tertiary/aromatic N) is 1. The van der Waals surface area contributed by atoms with Crippen molar-refractivity contribution < 1.29 is 18.2 Å². The topological polar surface area (TPSA) is 44.5 Å². The summed E-state index contributed by atoms with van der Waals surface area (Å²) in [5, 5.41) is 0. The molecule has 1 heterocycles. The molecule has 6 heteroatoms. The van der Waals surface area contributed by atoms with E-state index in [0.717, 1.165) is 31.1 Å². The average Bonchev–Trinajstić information content (AvgIpc) is 2.75. The second-order valence-corrected chi connectivity index (χ2v) is 7.46. The van der Waals surface area contributed by atoms with Crippen LogP contribution < -0.4 is 4.90 Å². The first-order valence-corrected chi connectivity index (χ1v) is 8.31. The predicted octanol–water partition coefficient (Wildman–Crippen LogP) is 0.823. The molecule has 0 saturated heterocycles. The highest BCUT2D eigenvalue weighted by Crippen LogP contribution is 2.14. The van der Waals surface area contributed by atoms with Crippen molar-refractivity contribution in [3.63, 3.8) is 0 Å². The zero-order chi connectivity index (χ0) is 13.6. The highest BCUT2D eigenvalue weighted by molar-refractivity contribution is 6.60. The molecule has 0 saturated carbocycles. The van der Waals surface area contributed by atoms with E-state index in [1.54, 1.807) is 21.3 Å². The Kier molecular flexibility index (Phi) is 6.17. The van der Waals surface area contributed by atoms with Crippen molar-refractivity contribution in [3.05, 3.63) is 11.9 Å². The molecule has 0 amide bonds. The van der Waals surface area contributed by atoms with Gasteiger partial charge in [0.05, 0.1) is 12.2 Å². The number of aliphatic imine (C=N–C) groups is 1. The Balaban J connectivity index is 2.45. The molecule has 104 valence electrons. The summed E-state index contributed by atoms with van der Waals surface area (Å²) in [6, 6.07) is 0.837. The van der Waals surface area contributed by atoms with Crippen LogP contribution in [0.15, 0.2) is 16.9 Å². The zero-order valence-electron chi connectivity index (χ0n) is 12.1. The number of quaternary nitrogens is 1. The molecule has 1 unspecified atom stereocenters. The van der Waals surface area contributed by atoms with Gasteiger partial charge in [-0.15, -0.1) is 0 Å². The molecule has 0 spiro atoms. The summed E-state index contributed by atoms with van der Waals surface area (Å²) in [5.74, 6) is 1.21. The third-order valence-corrected chi connectivity index (χ3v) is 6.09. The molecule has 1 atom stereocenters. The van der Waals surface area contributed by atoms with E-state index in [1.807, 2.05) is 6.92 Å². The van der Waals surface area contributed by atoms with Gasteiger partial charge in [-0.2, -0.15) is 4.99 Å². The molecule has 5 nitrogen and oxygen atoms in total. The van der Waals surface area contributed by atoms with Crippen LogP contribution in [0.3, 0.4) is 0 Å². The van der Waals surface area contributed by atoms with Crippen LogP contribution in [0.2, 0.25) is 6.04 Å². The fraction of sp³-hybridized carbons (Fsp3) is 0.750. The first kappa shape index (κ1) is 15.5. The van der Waals surface area contributed by atoms with Gasteiger partial charge in [0.15, 0.2) is 0 Å². The Bertz CT molecular complexity index is 319. The van der Waals surface area contributed by atoms with E-state index in [4.69, 9.17) is 13.3 Å². The van der Waals surface area contributed by atoms with E-state index in [1.165, 1.54) is 10.7 Å². The van der Waals surface area contributed by atoms with Gasteiger partial charge in [0.1, 0.15) is 6.20 Å². The number of hydrogen-bond acceptors (Lipinski definition) is 4. The summed E-state index contributed by atoms with van der Waals surface area (Å²) in [7, 11) is 2.56. The fourth-order valence-corrected chi connectivity index (χ4v) is 3.95. The van der Waals surface area contributed by atoms with Gasteiger partial charge >= 0.3 is 8.80 Å². The summed E-state index contributed by atoms with van der Waals surface area (Å²) < 4.78 is 16.2. The summed E-state index contributed by atoms with van der Waals surface area (Å²) in [5.41, 5.74) is 1.11. The summed E-state index contributed by atoms with van der Waals surface area (Å²) in [6.07, 6.45) is 4.17. The molecule has 0 aromatic carbocycles. The minimum Gasteiger partial charge on any atom is -0.377 e. The largest absolute Gasteiger partial charge is 0.500 e. The van der Waals surface area contributed by atoms with Gasteiger partial charge in [0.25, 0.3) is 0 Å². The molecule has 0 aromatic heterocycles. The Morgan fingerprint density at radius 1 is 1.22 bits per heavy atom. The maximum atomic E-state index is 5.41. The minimum atomic E-state index is -2.41. The van der Waals surface area contributed by atoms with Crippen molar-refractivity contribution in [1.82, 2.24) is 0 Å². The van der Waals surface area contributed by atoms with Gasteiger partial charge in [0.2, 0.25) is 5.84 Å². The molecule has 0 fully saturated rings. The number of rotatable bonds is 8. The monoisotopic (exact) mass is 273 g/mol. The van der Waals surface area contributed by atoms with E-state index < -0.39 is 8.80 Å². The van der Waals surface area contributed by atoms with E-state index in [9.17, 15) is 0 Å². The van der Waals surface area contributed by atoms with E-state index >= 15 is 0 Å². The molecule has 1 N–H and O–H groups in total. The van der Waals surface area contributed by atoms with Crippen molar-refractivity contribution in [2.45, 2.75) is 32.7 Å². The van der Waals surface area contributed by atoms with E-state index in [0.29, 0.717) is 0 Å². The normalized spacial score (nSPS) is 19.9. The molecule has 0 aliphatic carbocycles. The number of allylic oxidation sites excluding steroid dienone is 1. The third-order valence-electron chi connectivity index (χ3n) is 3.26. The van der Waals surface area contributed by atoms with Gasteiger partial charge < -0.3 is 13.3 Å². The second-order valence-electron chi connectivity index (χ2n) is 4.37. The van der Waals surface area contributed by atoms with Crippen LogP contribution >= 0.6 is 0 Å². The smallest absolute Gasteiger partial charge is 0.377 e. The van der Waals surface area contributed by atoms with Crippen LogP contribution in [0.4, 0.5) is 0 Å². The lowest BCUT2D eigenvalue weighted by Gasteiger charge is -2.24. The number of nitrogens with one attached hydrogen (secondary N) is 1. The highest BCUT2D eigenvalue weighted by Gasteiger charge is 2.37. The van der Waals surface area contributed by atoms with Crippen molar-refractivity contribution in [2.75, 3.05) is 27.9 Å². The van der Waals surface area contributed by atoms with Crippen LogP contribution in [-0.4, -0.2) is 42.5 Å². The SMILES string of the molecule is CCC1=NC(C)=C[NH+]1CCC[Si](OC)(OC)OC. The van der Waals surface area contributed by atoms with Crippen LogP contribution in [0, 0.1) is 0 Å². The van der Waals surface area contributed by atoms with Crippen LogP contribution in [0.5, 0.6) is 0 Å². The van der Waals surface area contributed by atoms with Crippen LogP contribution in [-0.2, 0) is 13.3 Å². The highest BCUT2D eigenvalue weighted by atomic mass is 28.4. The lowest BCUT2D eigenvalue weighted by molar-refractivity contribution is -0.746. The minimum absolute atomic E-state index is 0.837. The summed E-state index contributed by atoms with van der Waals surface area (Å²) in [4.78, 5) is 5.87. The Labute approximate surface area is 111 Å². The van der Waals surface area contributed by atoms with Crippen molar-refractivity contribution in [2.24, 2.45) is 4.99 Å². The first-order valence-electron chi connectivity index (χ1n) is 6.38. The molecule has 1 aliphatic heterocycles. The first-order chi connectivity index (χ1) is 8.60. The number of amidine groups is 1. The van der Waals surface area contributed by atoms with Gasteiger partial charge in [-0.25, -0.2) is 0 Å². The standard InChI is InChI=1S/C12H24N2O3Si/c1-6-12-13-11(2)10-14(12)8-7-9-18(15-3,16-4)17-5/h10H,6-9H2,1-5H3/p+1. The fourth-order valence-electron chi connectivity index (χ4n) is 2.23. The Morgan fingerprint density at radius 2 is 1.83 bits per heavy atom. The van der Waals surface area contributed by atoms with Crippen LogP contribution in [0.25, 0.3) is 0 Å². The molecule has 1 aliphatic rings. The predicted molar refractivity (Wildman–Crippen MR) is 73.5 cm³/mol. The quantitative estimate of drug-likeness (QED) is 0.666. The maximum absolute atomic E-state index is 5.41. The van der Waals surface area contributed by atoms with Crippen molar-refractivity contribution >= 4 is 14.6 Å². The van der Waals surface area contributed by atoms with Gasteiger partial charge in [0, 0.05) is 40.2 Å². The van der Waals surface area contributed by atoms with Gasteiger partial charge in [-0.3, -0.25) is 4.90 Å². The van der Waals surface area contributed by atoms with Crippen LogP contribution in [0.1, 0.15) is 26.7 Å². The zero-order valence-corrected chi connectivity index (χ0v) is 13.1. The van der Waals surface area contributed by atoms with Gasteiger partial charge in [-0.05, 0) is 6.92 Å². The summed E-state index contributed by atoms with van der Waals surface area (Å²) in [6.45, 7) is 5.19. The molecule has 0 bridgehead atoms. The number of hydrogen-bond donors (Lipinski definition) is 1. The third kappa shape index (κ3) is 3.73. The summed E-state index contributed by atoms with van der Waals surface area (Å²) >= 11 is 0. The average molecular weight is 273 g/mol. The Morgan fingerprint density at radius 3 is 2.33 bits per heavy atom. The maximum Gasteiger partial charge on any atom is 0.500 e. The lowest BCUT2D eigenvalue weighted by atomic mass is 10.3. The lowest BCUT2D eigenvalue weighted by Crippen LogP contribution is -3.09. The van der Waals surface area contributed by atoms with E-state index in [-0.39, 0.29) is 0 Å². The van der Waals surface area contributed by atoms with Crippen molar-refractivity contribution in [3.8, 4) is 0 Å². The second kappa shape index (κ2) is 7.15. The molecule has 1 rings (SSSR count). The Hall–Kier alpha value is -0.533.